The quantitative estimate of drug-likeness (QED) is 0.581. The number of rotatable bonds is 2. The highest BCUT2D eigenvalue weighted by Crippen LogP contribution is 1.86. The third-order valence-corrected chi connectivity index (χ3v) is 0.864. The monoisotopic (exact) mass is 138 g/mol. The molecular formula is C8H14N2. The van der Waals surface area contributed by atoms with Crippen molar-refractivity contribution in [3.05, 3.63) is 24.0 Å². The number of nitrogens with two attached hydrogens (primary N) is 1. The molecule has 0 bridgehead atoms. The van der Waals surface area contributed by atoms with Crippen LogP contribution in [0, 0.1) is 0 Å². The Balaban J connectivity index is 4.08. The summed E-state index contributed by atoms with van der Waals surface area (Å²) in [5.41, 5.74) is 7.13. The van der Waals surface area contributed by atoms with Crippen molar-refractivity contribution in [3.8, 4) is 0 Å². The average Bonchev–Trinajstić information content (AvgIpc) is 1.82. The molecule has 0 aliphatic rings. The number of hydrogen-bond acceptors (Lipinski definition) is 2. The van der Waals surface area contributed by atoms with Gasteiger partial charge in [0.1, 0.15) is 0 Å². The van der Waals surface area contributed by atoms with Crippen molar-refractivity contribution in [2.75, 3.05) is 0 Å². The van der Waals surface area contributed by atoms with Crippen LogP contribution in [0.2, 0.25) is 0 Å². The second-order valence-electron chi connectivity index (χ2n) is 2.14. The molecule has 0 atom stereocenters. The molecule has 0 aromatic carbocycles. The molecule has 0 rings (SSSR count). The van der Waals surface area contributed by atoms with Gasteiger partial charge in [0.15, 0.2) is 0 Å². The summed E-state index contributed by atoms with van der Waals surface area (Å²) in [7, 11) is 0. The smallest absolute Gasteiger partial charge is 0.0389 e. The van der Waals surface area contributed by atoms with Crippen molar-refractivity contribution in [1.82, 2.24) is 0 Å². The fourth-order valence-corrected chi connectivity index (χ4v) is 0.559. The van der Waals surface area contributed by atoms with Crippen LogP contribution in [0.1, 0.15) is 20.8 Å². The van der Waals surface area contributed by atoms with E-state index in [0.717, 1.165) is 11.4 Å². The van der Waals surface area contributed by atoms with E-state index in [0.29, 0.717) is 0 Å². The number of nitrogens with zero attached hydrogens (tertiary/aromatic N) is 1. The molecule has 10 heavy (non-hydrogen) atoms. The van der Waals surface area contributed by atoms with Crippen molar-refractivity contribution in [2.45, 2.75) is 20.8 Å². The first-order valence-electron chi connectivity index (χ1n) is 3.26. The molecular weight excluding hydrogens is 124 g/mol. The standard InChI is InChI=1S/C8H14N2/c1-4-5-10-8(3)6-7(2)9/h4-6H,9H2,1-3H3/b5-4-,7-6-,10-8-. The number of allylic oxidation sites excluding steroid dienone is 3. The zero-order valence-electron chi connectivity index (χ0n) is 6.76. The van der Waals surface area contributed by atoms with Gasteiger partial charge in [-0.05, 0) is 26.8 Å². The summed E-state index contributed by atoms with van der Waals surface area (Å²) in [5.74, 6) is 0. The predicted octanol–water partition coefficient (Wildman–Crippen LogP) is 1.84. The molecule has 0 spiro atoms. The minimum atomic E-state index is 0.783. The summed E-state index contributed by atoms with van der Waals surface area (Å²) < 4.78 is 0. The van der Waals surface area contributed by atoms with Gasteiger partial charge in [-0.3, -0.25) is 4.99 Å². The number of hydrogen-bond donors (Lipinski definition) is 1. The fourth-order valence-electron chi connectivity index (χ4n) is 0.559. The zero-order chi connectivity index (χ0) is 7.98. The summed E-state index contributed by atoms with van der Waals surface area (Å²) in [6.45, 7) is 5.68. The zero-order valence-corrected chi connectivity index (χ0v) is 6.76. The minimum Gasteiger partial charge on any atom is -0.402 e. The second kappa shape index (κ2) is 4.79. The Morgan fingerprint density at radius 1 is 1.40 bits per heavy atom. The van der Waals surface area contributed by atoms with Crippen molar-refractivity contribution in [3.63, 3.8) is 0 Å². The van der Waals surface area contributed by atoms with Crippen LogP contribution in [-0.2, 0) is 0 Å². The Morgan fingerprint density at radius 2 is 2.00 bits per heavy atom. The van der Waals surface area contributed by atoms with Gasteiger partial charge < -0.3 is 5.73 Å². The van der Waals surface area contributed by atoms with Crippen molar-refractivity contribution < 1.29 is 0 Å². The highest BCUT2D eigenvalue weighted by molar-refractivity contribution is 5.93. The van der Waals surface area contributed by atoms with Gasteiger partial charge in [-0.2, -0.15) is 0 Å². The van der Waals surface area contributed by atoms with Gasteiger partial charge in [0.05, 0.1) is 0 Å². The average molecular weight is 138 g/mol. The van der Waals surface area contributed by atoms with Gasteiger partial charge >= 0.3 is 0 Å². The molecule has 2 N–H and O–H groups in total. The number of aliphatic imine (C=N–C) groups is 1. The molecule has 0 heterocycles. The molecule has 0 saturated heterocycles. The third-order valence-electron chi connectivity index (χ3n) is 0.864. The molecule has 0 aliphatic carbocycles. The topological polar surface area (TPSA) is 38.4 Å². The van der Waals surface area contributed by atoms with Crippen LogP contribution in [0.15, 0.2) is 29.0 Å². The van der Waals surface area contributed by atoms with E-state index in [1.54, 1.807) is 6.20 Å². The minimum absolute atomic E-state index is 0.783. The van der Waals surface area contributed by atoms with Crippen LogP contribution in [0.5, 0.6) is 0 Å². The molecule has 2 nitrogen and oxygen atoms in total. The second-order valence-corrected chi connectivity index (χ2v) is 2.14. The lowest BCUT2D eigenvalue weighted by atomic mass is 10.3. The Bertz CT molecular complexity index is 172. The summed E-state index contributed by atoms with van der Waals surface area (Å²) >= 11 is 0. The van der Waals surface area contributed by atoms with Crippen molar-refractivity contribution in [1.29, 1.82) is 0 Å². The van der Waals surface area contributed by atoms with Crippen LogP contribution in [0.25, 0.3) is 0 Å². The molecule has 56 valence electrons. The fraction of sp³-hybridized carbons (Fsp3) is 0.375. The summed E-state index contributed by atoms with van der Waals surface area (Å²) in [6.07, 6.45) is 5.46. The van der Waals surface area contributed by atoms with E-state index in [4.69, 9.17) is 5.73 Å². The lowest BCUT2D eigenvalue weighted by Crippen LogP contribution is -1.94. The summed E-state index contributed by atoms with van der Waals surface area (Å²) in [5, 5.41) is 0. The van der Waals surface area contributed by atoms with Gasteiger partial charge in [-0.1, -0.05) is 6.08 Å². The normalized spacial score (nSPS) is 14.7. The molecule has 0 amide bonds. The summed E-state index contributed by atoms with van der Waals surface area (Å²) in [6, 6.07) is 0. The predicted molar refractivity (Wildman–Crippen MR) is 45.9 cm³/mol. The van der Waals surface area contributed by atoms with E-state index in [1.165, 1.54) is 0 Å². The summed E-state index contributed by atoms with van der Waals surface area (Å²) in [4.78, 5) is 4.06. The Kier molecular flexibility index (Phi) is 4.29. The van der Waals surface area contributed by atoms with E-state index < -0.39 is 0 Å². The first-order valence-corrected chi connectivity index (χ1v) is 3.26. The molecule has 0 aromatic heterocycles. The van der Waals surface area contributed by atoms with Crippen molar-refractivity contribution >= 4 is 5.71 Å². The van der Waals surface area contributed by atoms with Crippen LogP contribution < -0.4 is 5.73 Å². The van der Waals surface area contributed by atoms with Crippen LogP contribution in [0.3, 0.4) is 0 Å². The lowest BCUT2D eigenvalue weighted by molar-refractivity contribution is 1.32. The third kappa shape index (κ3) is 5.09. The van der Waals surface area contributed by atoms with E-state index >= 15 is 0 Å². The molecule has 0 aromatic rings. The first-order chi connectivity index (χ1) is 4.66. The molecule has 0 radical (unpaired) electrons. The molecule has 0 fully saturated rings. The van der Waals surface area contributed by atoms with E-state index in [-0.39, 0.29) is 0 Å². The van der Waals surface area contributed by atoms with Crippen molar-refractivity contribution in [2.24, 2.45) is 10.7 Å². The Morgan fingerprint density at radius 3 is 2.40 bits per heavy atom. The molecule has 2 heteroatoms. The van der Waals surface area contributed by atoms with Gasteiger partial charge in [0.2, 0.25) is 0 Å². The SMILES string of the molecule is C\C=C/N=C(C)\C=C(\C)N. The maximum Gasteiger partial charge on any atom is 0.0389 e. The van der Waals surface area contributed by atoms with Crippen LogP contribution in [0.4, 0.5) is 0 Å². The van der Waals surface area contributed by atoms with E-state index in [9.17, 15) is 0 Å². The molecule has 0 saturated carbocycles. The lowest BCUT2D eigenvalue weighted by Gasteiger charge is -1.89. The Labute approximate surface area is 62.1 Å². The Hall–Kier alpha value is -1.05. The molecule has 0 aliphatic heterocycles. The highest BCUT2D eigenvalue weighted by atomic mass is 14.7. The van der Waals surface area contributed by atoms with E-state index in [2.05, 4.69) is 4.99 Å². The van der Waals surface area contributed by atoms with E-state index in [1.807, 2.05) is 32.9 Å². The largest absolute Gasteiger partial charge is 0.402 e. The molecule has 0 unspecified atom stereocenters. The first kappa shape index (κ1) is 8.95. The van der Waals surface area contributed by atoms with Gasteiger partial charge in [-0.15, -0.1) is 0 Å². The van der Waals surface area contributed by atoms with Gasteiger partial charge in [0.25, 0.3) is 0 Å². The highest BCUT2D eigenvalue weighted by Gasteiger charge is 1.80. The van der Waals surface area contributed by atoms with Crippen LogP contribution >= 0.6 is 0 Å². The van der Waals surface area contributed by atoms with Gasteiger partial charge in [0, 0.05) is 17.6 Å². The van der Waals surface area contributed by atoms with Gasteiger partial charge in [-0.25, -0.2) is 0 Å². The maximum absolute atomic E-state index is 5.42. The van der Waals surface area contributed by atoms with Crippen LogP contribution in [-0.4, -0.2) is 5.71 Å². The maximum atomic E-state index is 5.42.